The molecule has 0 bridgehead atoms. The first-order valence-electron chi connectivity index (χ1n) is 7.79. The molecule has 1 aliphatic rings. The van der Waals surface area contributed by atoms with E-state index in [1.165, 1.54) is 32.1 Å². The zero-order valence-electron chi connectivity index (χ0n) is 12.6. The quantitative estimate of drug-likeness (QED) is 0.789. The van der Waals surface area contributed by atoms with Crippen molar-refractivity contribution in [3.8, 4) is 0 Å². The molecule has 1 aromatic rings. The fourth-order valence-corrected chi connectivity index (χ4v) is 2.91. The van der Waals surface area contributed by atoms with Gasteiger partial charge in [0.05, 0.1) is 18.3 Å². The number of ether oxygens (including phenoxy) is 1. The molecular weight excluding hydrogens is 252 g/mol. The first-order chi connectivity index (χ1) is 9.83. The van der Waals surface area contributed by atoms with E-state index in [1.54, 1.807) is 7.11 Å². The highest BCUT2D eigenvalue weighted by molar-refractivity contribution is 5.00. The molecule has 1 heterocycles. The number of rotatable bonds is 8. The van der Waals surface area contributed by atoms with Gasteiger partial charge in [0.1, 0.15) is 0 Å². The number of hydrogen-bond acceptors (Lipinski definition) is 4. The molecule has 5 nitrogen and oxygen atoms in total. The Balaban J connectivity index is 1.89. The third-order valence-electron chi connectivity index (χ3n) is 4.05. The molecule has 0 saturated heterocycles. The molecule has 1 fully saturated rings. The lowest BCUT2D eigenvalue weighted by Crippen LogP contribution is -2.32. The molecule has 0 unspecified atom stereocenters. The highest BCUT2D eigenvalue weighted by Gasteiger charge is 2.16. The van der Waals surface area contributed by atoms with Gasteiger partial charge in [0.25, 0.3) is 0 Å². The summed E-state index contributed by atoms with van der Waals surface area (Å²) in [5, 5.41) is 4.76. The van der Waals surface area contributed by atoms with E-state index in [1.807, 2.05) is 0 Å². The van der Waals surface area contributed by atoms with Gasteiger partial charge >= 0.3 is 0 Å². The van der Waals surface area contributed by atoms with Gasteiger partial charge in [-0.25, -0.2) is 0 Å². The summed E-state index contributed by atoms with van der Waals surface area (Å²) >= 11 is 0. The maximum absolute atomic E-state index is 5.67. The zero-order valence-corrected chi connectivity index (χ0v) is 12.6. The fourth-order valence-electron chi connectivity index (χ4n) is 2.91. The summed E-state index contributed by atoms with van der Waals surface area (Å²) in [7, 11) is 1.73. The van der Waals surface area contributed by atoms with E-state index in [0.717, 1.165) is 31.9 Å². The third-order valence-corrected chi connectivity index (χ3v) is 4.05. The summed E-state index contributed by atoms with van der Waals surface area (Å²) in [6.07, 6.45) is 8.75. The molecule has 5 heteroatoms. The van der Waals surface area contributed by atoms with E-state index >= 15 is 0 Å². The second kappa shape index (κ2) is 8.39. The van der Waals surface area contributed by atoms with Gasteiger partial charge in [0.2, 0.25) is 0 Å². The van der Waals surface area contributed by atoms with Crippen LogP contribution >= 0.6 is 0 Å². The molecule has 2 N–H and O–H groups in total. The van der Waals surface area contributed by atoms with Gasteiger partial charge in [0.15, 0.2) is 0 Å². The van der Waals surface area contributed by atoms with Crippen molar-refractivity contribution in [3.05, 3.63) is 18.0 Å². The molecule has 0 aliphatic heterocycles. The van der Waals surface area contributed by atoms with E-state index in [9.17, 15) is 0 Å². The minimum absolute atomic E-state index is 0.611. The number of hydrogen-bond donors (Lipinski definition) is 1. The van der Waals surface area contributed by atoms with E-state index < -0.39 is 0 Å². The Morgan fingerprint density at radius 2 is 2.15 bits per heavy atom. The van der Waals surface area contributed by atoms with Crippen molar-refractivity contribution < 1.29 is 4.74 Å². The molecular formula is C15H28N4O. The zero-order chi connectivity index (χ0) is 14.2. The van der Waals surface area contributed by atoms with Gasteiger partial charge in [-0.15, -0.1) is 0 Å². The van der Waals surface area contributed by atoms with E-state index in [-0.39, 0.29) is 0 Å². The molecule has 0 atom stereocenters. The molecule has 1 aromatic heterocycles. The van der Waals surface area contributed by atoms with Gasteiger partial charge in [0, 0.05) is 39.5 Å². The minimum Gasteiger partial charge on any atom is -0.383 e. The Labute approximate surface area is 122 Å². The van der Waals surface area contributed by atoms with Gasteiger partial charge in [-0.2, -0.15) is 5.10 Å². The predicted molar refractivity (Wildman–Crippen MR) is 80.6 cm³/mol. The van der Waals surface area contributed by atoms with Crippen molar-refractivity contribution in [1.29, 1.82) is 0 Å². The monoisotopic (exact) mass is 280 g/mol. The Hall–Kier alpha value is -0.910. The lowest BCUT2D eigenvalue weighted by atomic mass is 9.96. The van der Waals surface area contributed by atoms with Crippen LogP contribution in [0, 0.1) is 0 Å². The van der Waals surface area contributed by atoms with Crippen LogP contribution in [0.2, 0.25) is 0 Å². The second-order valence-corrected chi connectivity index (χ2v) is 5.64. The number of aromatic nitrogens is 2. The van der Waals surface area contributed by atoms with Gasteiger partial charge in [-0.3, -0.25) is 9.58 Å². The lowest BCUT2D eigenvalue weighted by molar-refractivity contribution is 0.145. The Kier molecular flexibility index (Phi) is 6.50. The first-order valence-corrected chi connectivity index (χ1v) is 7.79. The maximum atomic E-state index is 5.67. The maximum Gasteiger partial charge on any atom is 0.0764 e. The molecule has 0 amide bonds. The summed E-state index contributed by atoms with van der Waals surface area (Å²) < 4.78 is 7.32. The van der Waals surface area contributed by atoms with Gasteiger partial charge in [-0.1, -0.05) is 19.3 Å². The van der Waals surface area contributed by atoms with Crippen molar-refractivity contribution in [1.82, 2.24) is 14.7 Å². The van der Waals surface area contributed by atoms with Crippen molar-refractivity contribution in [2.75, 3.05) is 33.4 Å². The minimum atomic E-state index is 0.611. The van der Waals surface area contributed by atoms with Crippen molar-refractivity contribution >= 4 is 0 Å². The lowest BCUT2D eigenvalue weighted by Gasteiger charge is -2.22. The number of nitrogens with two attached hydrogens (primary N) is 1. The molecule has 2 rings (SSSR count). The normalized spacial score (nSPS) is 16.9. The summed E-state index contributed by atoms with van der Waals surface area (Å²) in [5.41, 5.74) is 6.81. The van der Waals surface area contributed by atoms with Crippen LogP contribution in [0.4, 0.5) is 0 Å². The van der Waals surface area contributed by atoms with Crippen LogP contribution in [-0.4, -0.2) is 48.0 Å². The van der Waals surface area contributed by atoms with Crippen LogP contribution in [0.15, 0.2) is 12.3 Å². The third kappa shape index (κ3) is 4.58. The van der Waals surface area contributed by atoms with Crippen molar-refractivity contribution in [3.63, 3.8) is 0 Å². The second-order valence-electron chi connectivity index (χ2n) is 5.64. The topological polar surface area (TPSA) is 56.3 Å². The summed E-state index contributed by atoms with van der Waals surface area (Å²) in [5.74, 6) is 0. The molecule has 1 aliphatic carbocycles. The first kappa shape index (κ1) is 15.5. The van der Waals surface area contributed by atoms with Crippen molar-refractivity contribution in [2.45, 2.75) is 44.7 Å². The SMILES string of the molecule is COCCN(CCN)Cc1ccn(C2CCCCC2)n1. The Morgan fingerprint density at radius 1 is 1.35 bits per heavy atom. The predicted octanol–water partition coefficient (Wildman–Crippen LogP) is 1.80. The highest BCUT2D eigenvalue weighted by atomic mass is 16.5. The molecule has 0 radical (unpaired) electrons. The summed E-state index contributed by atoms with van der Waals surface area (Å²) in [6.45, 7) is 4.07. The summed E-state index contributed by atoms with van der Waals surface area (Å²) in [6, 6.07) is 2.75. The number of methoxy groups -OCH3 is 1. The van der Waals surface area contributed by atoms with Crippen LogP contribution in [0.1, 0.15) is 43.8 Å². The Morgan fingerprint density at radius 3 is 2.85 bits per heavy atom. The fraction of sp³-hybridized carbons (Fsp3) is 0.800. The van der Waals surface area contributed by atoms with Gasteiger partial charge < -0.3 is 10.5 Å². The Bertz CT molecular complexity index is 374. The smallest absolute Gasteiger partial charge is 0.0764 e. The van der Waals surface area contributed by atoms with Crippen LogP contribution in [0.3, 0.4) is 0 Å². The molecule has 0 spiro atoms. The highest BCUT2D eigenvalue weighted by Crippen LogP contribution is 2.27. The molecule has 20 heavy (non-hydrogen) atoms. The van der Waals surface area contributed by atoms with E-state index in [0.29, 0.717) is 12.6 Å². The van der Waals surface area contributed by atoms with Crippen LogP contribution in [-0.2, 0) is 11.3 Å². The van der Waals surface area contributed by atoms with Gasteiger partial charge in [-0.05, 0) is 18.9 Å². The van der Waals surface area contributed by atoms with Crippen LogP contribution < -0.4 is 5.73 Å². The van der Waals surface area contributed by atoms with E-state index in [4.69, 9.17) is 15.6 Å². The largest absolute Gasteiger partial charge is 0.383 e. The van der Waals surface area contributed by atoms with Crippen molar-refractivity contribution in [2.24, 2.45) is 5.73 Å². The average molecular weight is 280 g/mol. The molecule has 0 aromatic carbocycles. The molecule has 1 saturated carbocycles. The van der Waals surface area contributed by atoms with Crippen LogP contribution in [0.25, 0.3) is 0 Å². The number of nitrogens with zero attached hydrogens (tertiary/aromatic N) is 3. The standard InChI is InChI=1S/C15H28N4O/c1-20-12-11-18(10-8-16)13-14-7-9-19(17-14)15-5-3-2-4-6-15/h7,9,15H,2-6,8,10-13,16H2,1H3. The molecule has 114 valence electrons. The average Bonchev–Trinajstić information content (AvgIpc) is 2.94. The van der Waals surface area contributed by atoms with Crippen LogP contribution in [0.5, 0.6) is 0 Å². The summed E-state index contributed by atoms with van der Waals surface area (Å²) in [4.78, 5) is 2.30. The van der Waals surface area contributed by atoms with E-state index in [2.05, 4.69) is 21.8 Å².